The van der Waals surface area contributed by atoms with Crippen molar-refractivity contribution < 1.29 is 9.53 Å². The minimum absolute atomic E-state index is 0.231. The van der Waals surface area contributed by atoms with Gasteiger partial charge >= 0.3 is 5.97 Å². The van der Waals surface area contributed by atoms with E-state index in [2.05, 4.69) is 6.92 Å². The molecule has 0 bridgehead atoms. The molecule has 0 spiro atoms. The first-order valence-corrected chi connectivity index (χ1v) is 13.0. The zero-order valence-electron chi connectivity index (χ0n) is 18.3. The normalized spacial score (nSPS) is 12.3. The Morgan fingerprint density at radius 3 is 1.59 bits per heavy atom. The minimum atomic E-state index is -0.446. The monoisotopic (exact) mass is 401 g/mol. The van der Waals surface area contributed by atoms with Crippen LogP contribution in [0.5, 0.6) is 0 Å². The molecule has 1 atom stereocenters. The van der Waals surface area contributed by atoms with Crippen molar-refractivity contribution in [2.24, 2.45) is 5.73 Å². The van der Waals surface area contributed by atoms with E-state index in [0.29, 0.717) is 13.0 Å². The highest BCUT2D eigenvalue weighted by atomic mass is 32.2. The summed E-state index contributed by atoms with van der Waals surface area (Å²) >= 11 is 1.71. The van der Waals surface area contributed by atoms with Gasteiger partial charge in [-0.05, 0) is 24.9 Å². The number of carbonyl (C=O) groups is 1. The fourth-order valence-corrected chi connectivity index (χ4v) is 3.78. The first-order chi connectivity index (χ1) is 13.2. The molecule has 0 fully saturated rings. The molecule has 0 rings (SSSR count). The second-order valence-corrected chi connectivity index (χ2v) is 8.84. The van der Waals surface area contributed by atoms with Crippen molar-refractivity contribution in [1.29, 1.82) is 0 Å². The molecule has 0 heterocycles. The summed E-state index contributed by atoms with van der Waals surface area (Å²) in [4.78, 5) is 11.7. The Balaban J connectivity index is 3.15. The maximum Gasteiger partial charge on any atom is 0.322 e. The molecule has 0 aromatic heterocycles. The van der Waals surface area contributed by atoms with Gasteiger partial charge in [0.15, 0.2) is 0 Å². The molecule has 2 N–H and O–H groups in total. The van der Waals surface area contributed by atoms with Crippen LogP contribution in [0.25, 0.3) is 0 Å². The highest BCUT2D eigenvalue weighted by Crippen LogP contribution is 2.13. The van der Waals surface area contributed by atoms with Crippen molar-refractivity contribution in [3.8, 4) is 0 Å². The third-order valence-electron chi connectivity index (χ3n) is 5.18. The van der Waals surface area contributed by atoms with Crippen LogP contribution in [0.15, 0.2) is 0 Å². The number of nitrogens with two attached hydrogens (primary N) is 1. The Morgan fingerprint density at radius 2 is 1.19 bits per heavy atom. The summed E-state index contributed by atoms with van der Waals surface area (Å²) in [5.41, 5.74) is 5.79. The van der Waals surface area contributed by atoms with Crippen molar-refractivity contribution in [3.05, 3.63) is 0 Å². The van der Waals surface area contributed by atoms with Gasteiger partial charge in [-0.15, -0.1) is 0 Å². The van der Waals surface area contributed by atoms with Gasteiger partial charge in [-0.3, -0.25) is 4.79 Å². The van der Waals surface area contributed by atoms with Crippen LogP contribution in [0, 0.1) is 0 Å². The first-order valence-electron chi connectivity index (χ1n) is 11.6. The predicted octanol–water partition coefficient (Wildman–Crippen LogP) is 6.87. The SMILES string of the molecule is CCCCCCCCCCCCCCCCCCOC(=O)C(N)CCSC. The quantitative estimate of drug-likeness (QED) is 0.168. The smallest absolute Gasteiger partial charge is 0.322 e. The van der Waals surface area contributed by atoms with E-state index in [1.807, 2.05) is 6.26 Å². The summed E-state index contributed by atoms with van der Waals surface area (Å²) in [6, 6.07) is -0.446. The molecule has 3 nitrogen and oxygen atoms in total. The van der Waals surface area contributed by atoms with Gasteiger partial charge in [0.2, 0.25) is 0 Å². The zero-order chi connectivity index (χ0) is 20.0. The lowest BCUT2D eigenvalue weighted by molar-refractivity contribution is -0.145. The van der Waals surface area contributed by atoms with Crippen molar-refractivity contribution in [3.63, 3.8) is 0 Å². The lowest BCUT2D eigenvalue weighted by atomic mass is 10.0. The van der Waals surface area contributed by atoms with E-state index in [1.54, 1.807) is 11.8 Å². The molecule has 0 saturated heterocycles. The number of hydrogen-bond donors (Lipinski definition) is 1. The lowest BCUT2D eigenvalue weighted by Gasteiger charge is -2.10. The van der Waals surface area contributed by atoms with Gasteiger partial charge in [0.25, 0.3) is 0 Å². The van der Waals surface area contributed by atoms with Crippen molar-refractivity contribution >= 4 is 17.7 Å². The molecule has 27 heavy (non-hydrogen) atoms. The van der Waals surface area contributed by atoms with Gasteiger partial charge in [0.1, 0.15) is 6.04 Å². The van der Waals surface area contributed by atoms with Crippen molar-refractivity contribution in [2.75, 3.05) is 18.6 Å². The van der Waals surface area contributed by atoms with Crippen LogP contribution in [0.3, 0.4) is 0 Å². The largest absolute Gasteiger partial charge is 0.465 e. The molecule has 162 valence electrons. The molecule has 0 aliphatic rings. The standard InChI is InChI=1S/C23H47NO2S/c1-3-4-5-6-7-8-9-10-11-12-13-14-15-16-17-18-20-26-23(25)22(24)19-21-27-2/h22H,3-21,24H2,1-2H3. The maximum absolute atomic E-state index is 11.7. The number of carbonyl (C=O) groups excluding carboxylic acids is 1. The number of unbranched alkanes of at least 4 members (excludes halogenated alkanes) is 15. The number of thioether (sulfide) groups is 1. The summed E-state index contributed by atoms with van der Waals surface area (Å²) < 4.78 is 5.25. The Kier molecular flexibility index (Phi) is 21.9. The molecule has 0 radical (unpaired) electrons. The second-order valence-electron chi connectivity index (χ2n) is 7.86. The molecule has 0 saturated carbocycles. The van der Waals surface area contributed by atoms with E-state index < -0.39 is 6.04 Å². The second kappa shape index (κ2) is 22.1. The summed E-state index contributed by atoms with van der Waals surface area (Å²) in [5.74, 6) is 0.681. The Morgan fingerprint density at radius 1 is 0.778 bits per heavy atom. The van der Waals surface area contributed by atoms with Crippen molar-refractivity contribution in [1.82, 2.24) is 0 Å². The van der Waals surface area contributed by atoms with E-state index in [0.717, 1.165) is 18.6 Å². The van der Waals surface area contributed by atoms with Crippen molar-refractivity contribution in [2.45, 2.75) is 122 Å². The van der Waals surface area contributed by atoms with Crippen LogP contribution < -0.4 is 5.73 Å². The van der Waals surface area contributed by atoms with Crippen LogP contribution >= 0.6 is 11.8 Å². The molecule has 0 amide bonds. The molecular formula is C23H47NO2S. The number of hydrogen-bond acceptors (Lipinski definition) is 4. The molecule has 1 unspecified atom stereocenters. The van der Waals surface area contributed by atoms with Crippen LogP contribution in [-0.4, -0.2) is 30.6 Å². The van der Waals surface area contributed by atoms with E-state index in [9.17, 15) is 4.79 Å². The Hall–Kier alpha value is -0.220. The molecular weight excluding hydrogens is 354 g/mol. The van der Waals surface area contributed by atoms with Crippen LogP contribution in [0.4, 0.5) is 0 Å². The first kappa shape index (κ1) is 26.8. The zero-order valence-corrected chi connectivity index (χ0v) is 19.1. The molecule has 0 aromatic rings. The van der Waals surface area contributed by atoms with Crippen LogP contribution in [0.1, 0.15) is 116 Å². The van der Waals surface area contributed by atoms with Gasteiger partial charge in [0, 0.05) is 0 Å². The van der Waals surface area contributed by atoms with Gasteiger partial charge in [0.05, 0.1) is 6.61 Å². The lowest BCUT2D eigenvalue weighted by Crippen LogP contribution is -2.33. The van der Waals surface area contributed by atoms with Gasteiger partial charge in [-0.2, -0.15) is 11.8 Å². The van der Waals surface area contributed by atoms with Gasteiger partial charge < -0.3 is 10.5 Å². The number of esters is 1. The van der Waals surface area contributed by atoms with E-state index >= 15 is 0 Å². The van der Waals surface area contributed by atoms with Gasteiger partial charge in [-0.1, -0.05) is 103 Å². The summed E-state index contributed by atoms with van der Waals surface area (Å²) in [5, 5.41) is 0. The predicted molar refractivity (Wildman–Crippen MR) is 121 cm³/mol. The average molecular weight is 402 g/mol. The topological polar surface area (TPSA) is 52.3 Å². The highest BCUT2D eigenvalue weighted by Gasteiger charge is 2.13. The minimum Gasteiger partial charge on any atom is -0.465 e. The van der Waals surface area contributed by atoms with E-state index in [-0.39, 0.29) is 5.97 Å². The van der Waals surface area contributed by atoms with E-state index in [4.69, 9.17) is 10.5 Å². The third kappa shape index (κ3) is 20.3. The summed E-state index contributed by atoms with van der Waals surface area (Å²) in [6.45, 7) is 2.81. The maximum atomic E-state index is 11.7. The average Bonchev–Trinajstić information content (AvgIpc) is 2.68. The summed E-state index contributed by atoms with van der Waals surface area (Å²) in [6.07, 6.45) is 24.4. The van der Waals surface area contributed by atoms with Gasteiger partial charge in [-0.25, -0.2) is 0 Å². The number of ether oxygens (including phenoxy) is 1. The molecule has 0 aliphatic carbocycles. The van der Waals surface area contributed by atoms with E-state index in [1.165, 1.54) is 89.9 Å². The third-order valence-corrected chi connectivity index (χ3v) is 5.82. The van der Waals surface area contributed by atoms with Crippen LogP contribution in [-0.2, 0) is 9.53 Å². The van der Waals surface area contributed by atoms with Crippen LogP contribution in [0.2, 0.25) is 0 Å². The highest BCUT2D eigenvalue weighted by molar-refractivity contribution is 7.98. The summed E-state index contributed by atoms with van der Waals surface area (Å²) in [7, 11) is 0. The Bertz CT molecular complexity index is 313. The molecule has 0 aliphatic heterocycles. The number of rotatable bonds is 21. The Labute approximate surface area is 174 Å². The molecule has 0 aromatic carbocycles. The molecule has 4 heteroatoms. The fourth-order valence-electron chi connectivity index (χ4n) is 3.29. The fraction of sp³-hybridized carbons (Fsp3) is 0.957.